The molecular formula is C18H14N2S. The van der Waals surface area contributed by atoms with Crippen LogP contribution in [0.25, 0.3) is 21.0 Å². The quantitative estimate of drug-likeness (QED) is 0.527. The van der Waals surface area contributed by atoms with E-state index in [1.165, 1.54) is 21.0 Å². The Labute approximate surface area is 127 Å². The Morgan fingerprint density at radius 3 is 2.62 bits per heavy atom. The van der Waals surface area contributed by atoms with Crippen LogP contribution in [-0.2, 0) is 0 Å². The van der Waals surface area contributed by atoms with Gasteiger partial charge in [-0.15, -0.1) is 0 Å². The second-order valence-electron chi connectivity index (χ2n) is 5.13. The number of aromatic nitrogens is 1. The summed E-state index contributed by atoms with van der Waals surface area (Å²) in [6.07, 6.45) is 0. The topological polar surface area (TPSA) is 24.9 Å². The molecule has 1 aromatic heterocycles. The van der Waals surface area contributed by atoms with E-state index in [0.29, 0.717) is 0 Å². The van der Waals surface area contributed by atoms with Crippen LogP contribution in [0, 0.1) is 6.92 Å². The summed E-state index contributed by atoms with van der Waals surface area (Å²) < 4.78 is 1.22. The van der Waals surface area contributed by atoms with Crippen LogP contribution in [-0.4, -0.2) is 4.98 Å². The normalized spacial score (nSPS) is 11.1. The van der Waals surface area contributed by atoms with Crippen molar-refractivity contribution >= 4 is 43.1 Å². The van der Waals surface area contributed by atoms with E-state index in [9.17, 15) is 0 Å². The zero-order valence-electron chi connectivity index (χ0n) is 11.6. The van der Waals surface area contributed by atoms with Crippen LogP contribution in [0.4, 0.5) is 10.8 Å². The molecule has 4 rings (SSSR count). The van der Waals surface area contributed by atoms with Crippen molar-refractivity contribution in [2.75, 3.05) is 5.32 Å². The van der Waals surface area contributed by atoms with Gasteiger partial charge in [-0.05, 0) is 41.5 Å². The van der Waals surface area contributed by atoms with Crippen LogP contribution in [0.5, 0.6) is 0 Å². The molecule has 1 heterocycles. The van der Waals surface area contributed by atoms with E-state index >= 15 is 0 Å². The van der Waals surface area contributed by atoms with E-state index in [1.54, 1.807) is 11.3 Å². The van der Waals surface area contributed by atoms with Gasteiger partial charge in [0, 0.05) is 5.69 Å². The van der Waals surface area contributed by atoms with Gasteiger partial charge in [0.05, 0.1) is 10.2 Å². The summed E-state index contributed by atoms with van der Waals surface area (Å²) in [4.78, 5) is 4.70. The van der Waals surface area contributed by atoms with Gasteiger partial charge in [-0.2, -0.15) is 0 Å². The lowest BCUT2D eigenvalue weighted by Crippen LogP contribution is -1.89. The first-order chi connectivity index (χ1) is 10.3. The predicted octanol–water partition coefficient (Wildman–Crippen LogP) is 5.50. The Balaban J connectivity index is 1.73. The minimum atomic E-state index is 0.939. The van der Waals surface area contributed by atoms with E-state index in [-0.39, 0.29) is 0 Å². The van der Waals surface area contributed by atoms with Crippen molar-refractivity contribution in [1.29, 1.82) is 0 Å². The maximum atomic E-state index is 4.70. The lowest BCUT2D eigenvalue weighted by Gasteiger charge is -2.04. The zero-order valence-corrected chi connectivity index (χ0v) is 12.4. The van der Waals surface area contributed by atoms with Crippen LogP contribution in [0.2, 0.25) is 0 Å². The van der Waals surface area contributed by atoms with Crippen molar-refractivity contribution in [3.63, 3.8) is 0 Å². The second kappa shape index (κ2) is 4.86. The molecule has 0 saturated carbocycles. The fraction of sp³-hybridized carbons (Fsp3) is 0.0556. The number of fused-ring (bicyclic) bond motifs is 2. The van der Waals surface area contributed by atoms with Gasteiger partial charge in [-0.25, -0.2) is 4.98 Å². The molecule has 0 aliphatic carbocycles. The molecule has 0 aliphatic rings. The smallest absolute Gasteiger partial charge is 0.188 e. The lowest BCUT2D eigenvalue weighted by molar-refractivity contribution is 1.40. The number of nitrogens with zero attached hydrogens (tertiary/aromatic N) is 1. The highest BCUT2D eigenvalue weighted by molar-refractivity contribution is 7.22. The van der Waals surface area contributed by atoms with Gasteiger partial charge in [0.1, 0.15) is 0 Å². The molecule has 0 unspecified atom stereocenters. The molecular weight excluding hydrogens is 276 g/mol. The first-order valence-electron chi connectivity index (χ1n) is 6.91. The number of hydrogen-bond donors (Lipinski definition) is 1. The first-order valence-corrected chi connectivity index (χ1v) is 7.73. The largest absolute Gasteiger partial charge is 0.332 e. The Morgan fingerprint density at radius 2 is 1.76 bits per heavy atom. The molecule has 0 saturated heterocycles. The molecule has 0 amide bonds. The number of thiazole rings is 1. The molecule has 0 radical (unpaired) electrons. The maximum absolute atomic E-state index is 4.70. The molecule has 3 heteroatoms. The standard InChI is InChI=1S/C18H14N2S/c1-12-5-4-8-16-17(12)20-18(21-16)19-15-10-9-13-6-2-3-7-14(13)11-15/h2-11H,1H3,(H,19,20). The van der Waals surface area contributed by atoms with Gasteiger partial charge in [0.2, 0.25) is 0 Å². The van der Waals surface area contributed by atoms with E-state index in [2.05, 4.69) is 72.9 Å². The van der Waals surface area contributed by atoms with E-state index in [0.717, 1.165) is 16.3 Å². The molecule has 4 aromatic rings. The van der Waals surface area contributed by atoms with Gasteiger partial charge >= 0.3 is 0 Å². The van der Waals surface area contributed by atoms with Gasteiger partial charge in [-0.1, -0.05) is 53.8 Å². The maximum Gasteiger partial charge on any atom is 0.188 e. The third-order valence-corrected chi connectivity index (χ3v) is 4.56. The number of aryl methyl sites for hydroxylation is 1. The van der Waals surface area contributed by atoms with E-state index in [4.69, 9.17) is 4.98 Å². The molecule has 0 spiro atoms. The summed E-state index contributed by atoms with van der Waals surface area (Å²) in [5.74, 6) is 0. The summed E-state index contributed by atoms with van der Waals surface area (Å²) in [5, 5.41) is 6.85. The fourth-order valence-corrected chi connectivity index (χ4v) is 3.49. The van der Waals surface area contributed by atoms with E-state index in [1.807, 2.05) is 0 Å². The van der Waals surface area contributed by atoms with E-state index < -0.39 is 0 Å². The van der Waals surface area contributed by atoms with Crippen molar-refractivity contribution in [3.05, 3.63) is 66.2 Å². The van der Waals surface area contributed by atoms with Crippen LogP contribution >= 0.6 is 11.3 Å². The third kappa shape index (κ3) is 2.26. The van der Waals surface area contributed by atoms with Crippen LogP contribution in [0.3, 0.4) is 0 Å². The van der Waals surface area contributed by atoms with Gasteiger partial charge in [0.15, 0.2) is 5.13 Å². The molecule has 1 N–H and O–H groups in total. The highest BCUT2D eigenvalue weighted by Crippen LogP contribution is 2.30. The Morgan fingerprint density at radius 1 is 0.905 bits per heavy atom. The number of anilines is 2. The minimum absolute atomic E-state index is 0.939. The Bertz CT molecular complexity index is 940. The molecule has 0 aliphatic heterocycles. The number of benzene rings is 3. The number of nitrogens with one attached hydrogen (secondary N) is 1. The summed E-state index contributed by atoms with van der Waals surface area (Å²) >= 11 is 1.69. The van der Waals surface area contributed by atoms with Gasteiger partial charge < -0.3 is 5.32 Å². The average molecular weight is 290 g/mol. The van der Waals surface area contributed by atoms with Crippen LogP contribution in [0.15, 0.2) is 60.7 Å². The number of hydrogen-bond acceptors (Lipinski definition) is 3. The van der Waals surface area contributed by atoms with Gasteiger partial charge in [-0.3, -0.25) is 0 Å². The fourth-order valence-electron chi connectivity index (χ4n) is 2.53. The van der Waals surface area contributed by atoms with Gasteiger partial charge in [0.25, 0.3) is 0 Å². The van der Waals surface area contributed by atoms with Crippen molar-refractivity contribution in [2.45, 2.75) is 6.92 Å². The van der Waals surface area contributed by atoms with Crippen molar-refractivity contribution in [1.82, 2.24) is 4.98 Å². The predicted molar refractivity (Wildman–Crippen MR) is 91.6 cm³/mol. The minimum Gasteiger partial charge on any atom is -0.332 e. The van der Waals surface area contributed by atoms with Crippen molar-refractivity contribution in [2.24, 2.45) is 0 Å². The van der Waals surface area contributed by atoms with Crippen molar-refractivity contribution < 1.29 is 0 Å². The third-order valence-electron chi connectivity index (χ3n) is 3.62. The first kappa shape index (κ1) is 12.4. The molecule has 2 nitrogen and oxygen atoms in total. The summed E-state index contributed by atoms with van der Waals surface area (Å²) in [7, 11) is 0. The molecule has 102 valence electrons. The van der Waals surface area contributed by atoms with Crippen LogP contribution in [0.1, 0.15) is 5.56 Å². The molecule has 0 bridgehead atoms. The monoisotopic (exact) mass is 290 g/mol. The highest BCUT2D eigenvalue weighted by Gasteiger charge is 2.06. The SMILES string of the molecule is Cc1cccc2sc(Nc3ccc4ccccc4c3)nc12. The molecule has 0 atom stereocenters. The zero-order chi connectivity index (χ0) is 14.2. The summed E-state index contributed by atoms with van der Waals surface area (Å²) in [5.41, 5.74) is 3.38. The van der Waals surface area contributed by atoms with Crippen molar-refractivity contribution in [3.8, 4) is 0 Å². The highest BCUT2D eigenvalue weighted by atomic mass is 32.1. The second-order valence-corrected chi connectivity index (χ2v) is 6.16. The number of para-hydroxylation sites is 1. The lowest BCUT2D eigenvalue weighted by atomic mass is 10.1. The Hall–Kier alpha value is -2.39. The molecule has 0 fully saturated rings. The summed E-state index contributed by atoms with van der Waals surface area (Å²) in [6, 6.07) is 21.1. The summed E-state index contributed by atoms with van der Waals surface area (Å²) in [6.45, 7) is 2.10. The number of rotatable bonds is 2. The Kier molecular flexibility index (Phi) is 2.86. The molecule has 21 heavy (non-hydrogen) atoms. The van der Waals surface area contributed by atoms with Crippen LogP contribution < -0.4 is 5.32 Å². The molecule has 3 aromatic carbocycles. The average Bonchev–Trinajstić information content (AvgIpc) is 2.91.